The molecule has 16 heavy (non-hydrogen) atoms. The van der Waals surface area contributed by atoms with Gasteiger partial charge in [-0.1, -0.05) is 30.7 Å². The number of benzene rings is 1. The Hall–Kier alpha value is -1.06. The maximum absolute atomic E-state index is 10.9. The summed E-state index contributed by atoms with van der Waals surface area (Å²) in [5, 5.41) is 9.61. The number of carboxylic acids is 1. The summed E-state index contributed by atoms with van der Waals surface area (Å²) < 4.78 is 0. The van der Waals surface area contributed by atoms with Gasteiger partial charge in [-0.25, -0.2) is 0 Å². The highest BCUT2D eigenvalue weighted by Crippen LogP contribution is 2.25. The van der Waals surface area contributed by atoms with Crippen molar-refractivity contribution >= 4 is 17.6 Å². The van der Waals surface area contributed by atoms with Crippen LogP contribution in [-0.2, 0) is 4.79 Å². The zero-order valence-corrected chi connectivity index (χ0v) is 10.2. The lowest BCUT2D eigenvalue weighted by molar-refractivity contribution is -0.143. The van der Waals surface area contributed by atoms with E-state index in [0.717, 1.165) is 5.56 Å². The van der Waals surface area contributed by atoms with Crippen molar-refractivity contribution in [3.05, 3.63) is 34.9 Å². The van der Waals surface area contributed by atoms with Crippen molar-refractivity contribution in [2.45, 2.75) is 31.7 Å². The van der Waals surface area contributed by atoms with Crippen molar-refractivity contribution < 1.29 is 9.90 Å². The zero-order valence-electron chi connectivity index (χ0n) is 9.40. The van der Waals surface area contributed by atoms with Gasteiger partial charge < -0.3 is 10.8 Å². The highest BCUT2D eigenvalue weighted by atomic mass is 35.5. The molecule has 0 radical (unpaired) electrons. The van der Waals surface area contributed by atoms with Crippen molar-refractivity contribution in [3.8, 4) is 0 Å². The average Bonchev–Trinajstić information content (AvgIpc) is 2.17. The molecular weight excluding hydrogens is 226 g/mol. The Morgan fingerprint density at radius 1 is 1.50 bits per heavy atom. The van der Waals surface area contributed by atoms with Gasteiger partial charge in [0.05, 0.1) is 0 Å². The van der Waals surface area contributed by atoms with E-state index in [1.807, 2.05) is 19.1 Å². The highest BCUT2D eigenvalue weighted by Gasteiger charge is 2.30. The largest absolute Gasteiger partial charge is 0.480 e. The topological polar surface area (TPSA) is 63.3 Å². The smallest absolute Gasteiger partial charge is 0.323 e. The van der Waals surface area contributed by atoms with E-state index in [-0.39, 0.29) is 5.92 Å². The Labute approximate surface area is 100 Å². The van der Waals surface area contributed by atoms with Crippen LogP contribution in [0.4, 0.5) is 0 Å². The molecule has 0 heterocycles. The van der Waals surface area contributed by atoms with Crippen LogP contribution in [0.25, 0.3) is 0 Å². The fraction of sp³-hybridized carbons (Fsp3) is 0.417. The summed E-state index contributed by atoms with van der Waals surface area (Å²) in [4.78, 5) is 10.9. The monoisotopic (exact) mass is 241 g/mol. The lowest BCUT2D eigenvalue weighted by Gasteiger charge is -2.23. The molecule has 4 heteroatoms. The van der Waals surface area contributed by atoms with Crippen LogP contribution in [0.3, 0.4) is 0 Å². The van der Waals surface area contributed by atoms with Crippen LogP contribution in [-0.4, -0.2) is 16.6 Å². The molecule has 1 aromatic rings. The molecular formula is C12H16ClNO2. The first-order chi connectivity index (χ1) is 7.33. The number of nitrogens with two attached hydrogens (primary N) is 1. The third-order valence-corrected chi connectivity index (χ3v) is 2.91. The third kappa shape index (κ3) is 3.22. The van der Waals surface area contributed by atoms with Crippen LogP contribution < -0.4 is 5.73 Å². The molecule has 0 spiro atoms. The second-order valence-corrected chi connectivity index (χ2v) is 4.82. The fourth-order valence-corrected chi connectivity index (χ4v) is 1.76. The van der Waals surface area contributed by atoms with Crippen molar-refractivity contribution in [2.75, 3.05) is 0 Å². The molecule has 3 N–H and O–H groups in total. The van der Waals surface area contributed by atoms with E-state index >= 15 is 0 Å². The average molecular weight is 242 g/mol. The van der Waals surface area contributed by atoms with Crippen LogP contribution in [0.2, 0.25) is 5.02 Å². The SMILES string of the molecule is CC(CC(C)(N)C(=O)O)c1ccc(Cl)cc1. The van der Waals surface area contributed by atoms with Gasteiger partial charge in [0.1, 0.15) is 5.54 Å². The van der Waals surface area contributed by atoms with E-state index in [1.165, 1.54) is 6.92 Å². The number of carboxylic acid groups (broad SMARTS) is 1. The summed E-state index contributed by atoms with van der Waals surface area (Å²) in [5.41, 5.74) is 5.55. The van der Waals surface area contributed by atoms with E-state index in [2.05, 4.69) is 0 Å². The molecule has 1 aromatic carbocycles. The Balaban J connectivity index is 2.76. The molecule has 0 bridgehead atoms. The van der Waals surface area contributed by atoms with Gasteiger partial charge in [-0.2, -0.15) is 0 Å². The summed E-state index contributed by atoms with van der Waals surface area (Å²) in [5.74, 6) is -0.892. The minimum atomic E-state index is -1.20. The zero-order chi connectivity index (χ0) is 12.3. The van der Waals surface area contributed by atoms with E-state index in [1.54, 1.807) is 12.1 Å². The summed E-state index contributed by atoms with van der Waals surface area (Å²) in [6, 6.07) is 7.37. The molecule has 1 rings (SSSR count). The first kappa shape index (κ1) is 13.0. The molecule has 0 aromatic heterocycles. The standard InChI is InChI=1S/C12H16ClNO2/c1-8(7-12(2,14)11(15)16)9-3-5-10(13)6-4-9/h3-6,8H,7,14H2,1-2H3,(H,15,16). The van der Waals surface area contributed by atoms with Gasteiger partial charge in [0.25, 0.3) is 0 Å². The first-order valence-corrected chi connectivity index (χ1v) is 5.48. The van der Waals surface area contributed by atoms with Crippen LogP contribution in [0.15, 0.2) is 24.3 Å². The van der Waals surface area contributed by atoms with Gasteiger partial charge in [0.15, 0.2) is 0 Å². The Kier molecular flexibility index (Phi) is 3.94. The van der Waals surface area contributed by atoms with Gasteiger partial charge >= 0.3 is 5.97 Å². The number of hydrogen-bond donors (Lipinski definition) is 2. The Morgan fingerprint density at radius 2 is 2.00 bits per heavy atom. The van der Waals surface area contributed by atoms with Crippen molar-refractivity contribution in [3.63, 3.8) is 0 Å². The maximum Gasteiger partial charge on any atom is 0.323 e. The molecule has 0 fully saturated rings. The highest BCUT2D eigenvalue weighted by molar-refractivity contribution is 6.30. The fourth-order valence-electron chi connectivity index (χ4n) is 1.63. The second kappa shape index (κ2) is 4.85. The van der Waals surface area contributed by atoms with Gasteiger partial charge in [0.2, 0.25) is 0 Å². The van der Waals surface area contributed by atoms with Crippen LogP contribution in [0.5, 0.6) is 0 Å². The summed E-state index contributed by atoms with van der Waals surface area (Å²) in [7, 11) is 0. The molecule has 0 saturated carbocycles. The molecule has 2 unspecified atom stereocenters. The van der Waals surface area contributed by atoms with Crippen LogP contribution >= 0.6 is 11.6 Å². The number of halogens is 1. The number of hydrogen-bond acceptors (Lipinski definition) is 2. The Bertz CT molecular complexity index is 373. The van der Waals surface area contributed by atoms with E-state index in [0.29, 0.717) is 11.4 Å². The predicted molar refractivity (Wildman–Crippen MR) is 64.7 cm³/mol. The van der Waals surface area contributed by atoms with Crippen LogP contribution in [0.1, 0.15) is 31.7 Å². The van der Waals surface area contributed by atoms with E-state index in [4.69, 9.17) is 22.4 Å². The molecule has 88 valence electrons. The summed E-state index contributed by atoms with van der Waals surface area (Å²) >= 11 is 5.78. The van der Waals surface area contributed by atoms with E-state index in [9.17, 15) is 4.79 Å². The second-order valence-electron chi connectivity index (χ2n) is 4.38. The molecule has 3 nitrogen and oxygen atoms in total. The van der Waals surface area contributed by atoms with Gasteiger partial charge in [0, 0.05) is 5.02 Å². The molecule has 0 aliphatic heterocycles. The maximum atomic E-state index is 10.9. The molecule has 0 amide bonds. The van der Waals surface area contributed by atoms with E-state index < -0.39 is 11.5 Å². The lowest BCUT2D eigenvalue weighted by Crippen LogP contribution is -2.45. The minimum absolute atomic E-state index is 0.0865. The number of aliphatic carboxylic acids is 1. The molecule has 0 aliphatic carbocycles. The molecule has 0 saturated heterocycles. The van der Waals surface area contributed by atoms with Crippen molar-refractivity contribution in [1.82, 2.24) is 0 Å². The number of rotatable bonds is 4. The van der Waals surface area contributed by atoms with Crippen molar-refractivity contribution in [1.29, 1.82) is 0 Å². The summed E-state index contributed by atoms with van der Waals surface area (Å²) in [6.07, 6.45) is 0.393. The van der Waals surface area contributed by atoms with Crippen LogP contribution in [0, 0.1) is 0 Å². The Morgan fingerprint density at radius 3 is 2.44 bits per heavy atom. The predicted octanol–water partition coefficient (Wildman–Crippen LogP) is 2.64. The third-order valence-electron chi connectivity index (χ3n) is 2.66. The molecule has 2 atom stereocenters. The van der Waals surface area contributed by atoms with Gasteiger partial charge in [-0.3, -0.25) is 4.79 Å². The molecule has 0 aliphatic rings. The van der Waals surface area contributed by atoms with Gasteiger partial charge in [-0.15, -0.1) is 0 Å². The quantitative estimate of drug-likeness (QED) is 0.852. The van der Waals surface area contributed by atoms with Gasteiger partial charge in [-0.05, 0) is 37.0 Å². The first-order valence-electron chi connectivity index (χ1n) is 5.10. The number of carbonyl (C=O) groups is 1. The van der Waals surface area contributed by atoms with Crippen molar-refractivity contribution in [2.24, 2.45) is 5.73 Å². The minimum Gasteiger partial charge on any atom is -0.480 e. The summed E-state index contributed by atoms with van der Waals surface area (Å²) in [6.45, 7) is 3.49. The normalized spacial score (nSPS) is 16.5. The lowest BCUT2D eigenvalue weighted by atomic mass is 9.87.